The molecule has 0 saturated heterocycles. The fourth-order valence-electron chi connectivity index (χ4n) is 2.20. The molecule has 1 atom stereocenters. The Labute approximate surface area is 120 Å². The molecule has 0 aromatic heterocycles. The Balaban J connectivity index is 2.41. The summed E-state index contributed by atoms with van der Waals surface area (Å²) in [5, 5.41) is 0.604. The van der Waals surface area contributed by atoms with Gasteiger partial charge in [0.1, 0.15) is 5.82 Å². The molecule has 3 N–H and O–H groups in total. The second kappa shape index (κ2) is 9.29. The summed E-state index contributed by atoms with van der Waals surface area (Å²) in [7, 11) is 0. The largest absolute Gasteiger partial charge is 0.271 e. The molecule has 0 heterocycles. The van der Waals surface area contributed by atoms with Crippen molar-refractivity contribution < 1.29 is 4.39 Å². The van der Waals surface area contributed by atoms with Crippen molar-refractivity contribution in [3.8, 4) is 0 Å². The highest BCUT2D eigenvalue weighted by Gasteiger charge is 2.10. The topological polar surface area (TPSA) is 38.0 Å². The number of nitrogens with two attached hydrogens (primary N) is 1. The second-order valence-electron chi connectivity index (χ2n) is 5.01. The summed E-state index contributed by atoms with van der Waals surface area (Å²) >= 11 is 6.06. The van der Waals surface area contributed by atoms with E-state index in [9.17, 15) is 4.39 Å². The van der Waals surface area contributed by atoms with Gasteiger partial charge >= 0.3 is 0 Å². The van der Waals surface area contributed by atoms with Gasteiger partial charge in [-0.15, -0.1) is 0 Å². The highest BCUT2D eigenvalue weighted by atomic mass is 35.5. The molecule has 0 spiro atoms. The first-order valence-corrected chi connectivity index (χ1v) is 7.45. The van der Waals surface area contributed by atoms with Gasteiger partial charge in [0.05, 0.1) is 0 Å². The summed E-state index contributed by atoms with van der Waals surface area (Å²) in [6, 6.07) is 4.62. The van der Waals surface area contributed by atoms with Gasteiger partial charge in [0.15, 0.2) is 0 Å². The quantitative estimate of drug-likeness (QED) is 0.405. The van der Waals surface area contributed by atoms with Crippen molar-refractivity contribution in [1.82, 2.24) is 5.43 Å². The molecule has 0 aliphatic carbocycles. The van der Waals surface area contributed by atoms with Gasteiger partial charge in [-0.25, -0.2) is 4.39 Å². The lowest BCUT2D eigenvalue weighted by Gasteiger charge is -2.16. The first-order chi connectivity index (χ1) is 9.17. The fraction of sp³-hybridized carbons (Fsp3) is 0.600. The van der Waals surface area contributed by atoms with Gasteiger partial charge in [0.25, 0.3) is 0 Å². The van der Waals surface area contributed by atoms with Crippen LogP contribution in [-0.4, -0.2) is 6.04 Å². The zero-order valence-corrected chi connectivity index (χ0v) is 12.3. The van der Waals surface area contributed by atoms with E-state index >= 15 is 0 Å². The number of halogens is 2. The van der Waals surface area contributed by atoms with E-state index in [1.807, 2.05) is 0 Å². The molecule has 1 unspecified atom stereocenters. The van der Waals surface area contributed by atoms with E-state index in [0.29, 0.717) is 11.4 Å². The molecular weight excluding hydrogens is 263 g/mol. The maximum Gasteiger partial charge on any atom is 0.123 e. The van der Waals surface area contributed by atoms with Gasteiger partial charge in [0, 0.05) is 11.1 Å². The van der Waals surface area contributed by atoms with E-state index in [1.54, 1.807) is 6.07 Å². The summed E-state index contributed by atoms with van der Waals surface area (Å²) in [4.78, 5) is 0. The number of unbranched alkanes of at least 4 members (excludes halogenated alkanes) is 4. The minimum absolute atomic E-state index is 0.154. The molecule has 1 aromatic carbocycles. The van der Waals surface area contributed by atoms with E-state index in [2.05, 4.69) is 12.3 Å². The summed E-state index contributed by atoms with van der Waals surface area (Å²) < 4.78 is 13.2. The van der Waals surface area contributed by atoms with Crippen molar-refractivity contribution in [1.29, 1.82) is 0 Å². The van der Waals surface area contributed by atoms with Crippen LogP contribution >= 0.6 is 11.6 Å². The molecule has 0 amide bonds. The van der Waals surface area contributed by atoms with Gasteiger partial charge in [-0.3, -0.25) is 11.3 Å². The minimum Gasteiger partial charge on any atom is -0.271 e. The summed E-state index contributed by atoms with van der Waals surface area (Å²) in [5.41, 5.74) is 3.62. The van der Waals surface area contributed by atoms with Gasteiger partial charge in [-0.1, -0.05) is 50.6 Å². The zero-order chi connectivity index (χ0) is 14.1. The lowest BCUT2D eigenvalue weighted by atomic mass is 10.00. The molecule has 0 aliphatic heterocycles. The number of hydrazine groups is 1. The van der Waals surface area contributed by atoms with Crippen LogP contribution in [0.2, 0.25) is 5.02 Å². The zero-order valence-electron chi connectivity index (χ0n) is 11.6. The molecule has 0 saturated carbocycles. The SMILES string of the molecule is CCCCCCCC(Cc1cc(F)ccc1Cl)NN. The first kappa shape index (κ1) is 16.4. The number of rotatable bonds is 9. The standard InChI is InChI=1S/C15H24ClFN2/c1-2-3-4-5-6-7-14(19-18)11-12-10-13(17)8-9-15(12)16/h8-10,14,19H,2-7,11,18H2,1H3. The van der Waals surface area contributed by atoms with Crippen molar-refractivity contribution in [2.75, 3.05) is 0 Å². The van der Waals surface area contributed by atoms with Gasteiger partial charge in [-0.2, -0.15) is 0 Å². The lowest BCUT2D eigenvalue weighted by Crippen LogP contribution is -2.36. The van der Waals surface area contributed by atoms with Gasteiger partial charge < -0.3 is 0 Å². The number of hydrogen-bond donors (Lipinski definition) is 2. The number of benzene rings is 1. The predicted molar refractivity (Wildman–Crippen MR) is 79.6 cm³/mol. The van der Waals surface area contributed by atoms with E-state index in [0.717, 1.165) is 18.4 Å². The Morgan fingerprint density at radius 2 is 2.00 bits per heavy atom. The van der Waals surface area contributed by atoms with Crippen molar-refractivity contribution >= 4 is 11.6 Å². The molecule has 0 fully saturated rings. The normalized spacial score (nSPS) is 12.6. The Bertz CT molecular complexity index is 371. The predicted octanol–water partition coefficient (Wildman–Crippen LogP) is 4.21. The molecule has 0 aliphatic rings. The van der Waals surface area contributed by atoms with E-state index in [4.69, 9.17) is 17.4 Å². The van der Waals surface area contributed by atoms with E-state index in [-0.39, 0.29) is 11.9 Å². The van der Waals surface area contributed by atoms with Crippen LogP contribution in [0.1, 0.15) is 51.0 Å². The van der Waals surface area contributed by atoms with Crippen LogP contribution < -0.4 is 11.3 Å². The maximum atomic E-state index is 13.2. The molecular formula is C15H24ClFN2. The van der Waals surface area contributed by atoms with Crippen molar-refractivity contribution in [2.45, 2.75) is 57.9 Å². The molecule has 108 valence electrons. The van der Waals surface area contributed by atoms with Crippen molar-refractivity contribution in [2.24, 2.45) is 5.84 Å². The van der Waals surface area contributed by atoms with Crippen LogP contribution in [0.3, 0.4) is 0 Å². The Hall–Kier alpha value is -0.640. The van der Waals surface area contributed by atoms with Gasteiger partial charge in [-0.05, 0) is 36.6 Å². The average molecular weight is 287 g/mol. The summed E-state index contributed by atoms with van der Waals surface area (Å²) in [6.45, 7) is 2.20. The summed E-state index contributed by atoms with van der Waals surface area (Å²) in [5.74, 6) is 5.31. The van der Waals surface area contributed by atoms with E-state index < -0.39 is 0 Å². The van der Waals surface area contributed by atoms with E-state index in [1.165, 1.54) is 37.8 Å². The average Bonchev–Trinajstić information content (AvgIpc) is 2.41. The van der Waals surface area contributed by atoms with Crippen LogP contribution in [0.15, 0.2) is 18.2 Å². The fourth-order valence-corrected chi connectivity index (χ4v) is 2.40. The molecule has 1 rings (SSSR count). The summed E-state index contributed by atoms with van der Waals surface area (Å²) in [6.07, 6.45) is 7.83. The molecule has 0 radical (unpaired) electrons. The Morgan fingerprint density at radius 3 is 2.68 bits per heavy atom. The molecule has 0 bridgehead atoms. The highest BCUT2D eigenvalue weighted by molar-refractivity contribution is 6.31. The van der Waals surface area contributed by atoms with Crippen LogP contribution in [-0.2, 0) is 6.42 Å². The molecule has 4 heteroatoms. The van der Waals surface area contributed by atoms with Crippen molar-refractivity contribution in [3.05, 3.63) is 34.6 Å². The number of hydrogen-bond acceptors (Lipinski definition) is 2. The Kier molecular flexibility index (Phi) is 8.03. The van der Waals surface area contributed by atoms with Gasteiger partial charge in [0.2, 0.25) is 0 Å². The van der Waals surface area contributed by atoms with Crippen LogP contribution in [0, 0.1) is 5.82 Å². The van der Waals surface area contributed by atoms with Crippen molar-refractivity contribution in [3.63, 3.8) is 0 Å². The van der Waals surface area contributed by atoms with Crippen LogP contribution in [0.25, 0.3) is 0 Å². The molecule has 19 heavy (non-hydrogen) atoms. The first-order valence-electron chi connectivity index (χ1n) is 7.07. The minimum atomic E-state index is -0.252. The maximum absolute atomic E-state index is 13.2. The third kappa shape index (κ3) is 6.37. The number of nitrogens with one attached hydrogen (secondary N) is 1. The highest BCUT2D eigenvalue weighted by Crippen LogP contribution is 2.20. The lowest BCUT2D eigenvalue weighted by molar-refractivity contribution is 0.460. The smallest absolute Gasteiger partial charge is 0.123 e. The Morgan fingerprint density at radius 1 is 1.26 bits per heavy atom. The van der Waals surface area contributed by atoms with Crippen LogP contribution in [0.5, 0.6) is 0 Å². The molecule has 1 aromatic rings. The second-order valence-corrected chi connectivity index (χ2v) is 5.41. The molecule has 2 nitrogen and oxygen atoms in total. The monoisotopic (exact) mass is 286 g/mol. The van der Waals surface area contributed by atoms with Crippen LogP contribution in [0.4, 0.5) is 4.39 Å². The third-order valence-corrected chi connectivity index (χ3v) is 3.73. The third-order valence-electron chi connectivity index (χ3n) is 3.37.